The summed E-state index contributed by atoms with van der Waals surface area (Å²) in [6, 6.07) is 6.95. The van der Waals surface area contributed by atoms with Crippen molar-refractivity contribution in [2.24, 2.45) is 0 Å². The van der Waals surface area contributed by atoms with Gasteiger partial charge < -0.3 is 9.84 Å². The molecule has 0 atom stereocenters. The van der Waals surface area contributed by atoms with Gasteiger partial charge in [-0.1, -0.05) is 11.6 Å². The van der Waals surface area contributed by atoms with Crippen LogP contribution in [0.25, 0.3) is 17.1 Å². The van der Waals surface area contributed by atoms with Gasteiger partial charge in [0.25, 0.3) is 5.56 Å². The summed E-state index contributed by atoms with van der Waals surface area (Å²) >= 11 is 6.32. The molecule has 1 aromatic carbocycles. The molecule has 0 saturated carbocycles. The molecule has 0 amide bonds. The lowest BCUT2D eigenvalue weighted by molar-refractivity contribution is 0.0688. The van der Waals surface area contributed by atoms with Crippen LogP contribution in [0.5, 0.6) is 5.75 Å². The van der Waals surface area contributed by atoms with E-state index in [9.17, 15) is 18.7 Å². The summed E-state index contributed by atoms with van der Waals surface area (Å²) in [4.78, 5) is 26.2. The lowest BCUT2D eigenvalue weighted by Crippen LogP contribution is -2.23. The van der Waals surface area contributed by atoms with Gasteiger partial charge in [0.05, 0.1) is 19.8 Å². The molecule has 3 heterocycles. The number of hydrogen-bond acceptors (Lipinski definition) is 6. The van der Waals surface area contributed by atoms with Crippen LogP contribution in [0.2, 0.25) is 5.02 Å². The fraction of sp³-hybridized carbons (Fsp3) is 0.231. The number of halogens is 3. The van der Waals surface area contributed by atoms with Crippen molar-refractivity contribution in [3.8, 4) is 22.8 Å². The minimum absolute atomic E-state index is 0.198. The van der Waals surface area contributed by atoms with Crippen LogP contribution in [0.3, 0.4) is 0 Å². The second kappa shape index (κ2) is 9.75. The topological polar surface area (TPSA) is 90.1 Å². The summed E-state index contributed by atoms with van der Waals surface area (Å²) in [7, 11) is 0. The van der Waals surface area contributed by atoms with Gasteiger partial charge in [-0.25, -0.2) is 18.7 Å². The molecule has 10 heteroatoms. The molecule has 1 N–H and O–H groups in total. The highest BCUT2D eigenvalue weighted by Crippen LogP contribution is 2.28. The van der Waals surface area contributed by atoms with E-state index in [0.29, 0.717) is 34.4 Å². The number of ether oxygens (including phenoxy) is 1. The third-order valence-corrected chi connectivity index (χ3v) is 5.63. The molecule has 0 aliphatic carbocycles. The molecule has 0 unspecified atom stereocenters. The van der Waals surface area contributed by atoms with Gasteiger partial charge in [-0.05, 0) is 57.5 Å². The van der Waals surface area contributed by atoms with Gasteiger partial charge in [0, 0.05) is 35.8 Å². The van der Waals surface area contributed by atoms with E-state index >= 15 is 0 Å². The molecule has 0 bridgehead atoms. The molecule has 0 aliphatic rings. The molecule has 36 heavy (non-hydrogen) atoms. The molecule has 186 valence electrons. The fourth-order valence-electron chi connectivity index (χ4n) is 3.43. The van der Waals surface area contributed by atoms with Gasteiger partial charge in [-0.2, -0.15) is 0 Å². The van der Waals surface area contributed by atoms with Gasteiger partial charge in [0.1, 0.15) is 34.6 Å². The number of aliphatic hydroxyl groups is 1. The SMILES string of the molecule is [2H]C([2H])(Oc1cc(C)n(-c2cc(-c3ccnc(C(C)(C)O)n3)ncc2C)c(=O)c1Cl)c1ccc(F)cc1F. The molecule has 0 radical (unpaired) electrons. The zero-order valence-electron chi connectivity index (χ0n) is 21.8. The van der Waals surface area contributed by atoms with E-state index in [1.54, 1.807) is 46.0 Å². The lowest BCUT2D eigenvalue weighted by Gasteiger charge is -2.18. The number of rotatable bonds is 6. The average Bonchev–Trinajstić information content (AvgIpc) is 2.82. The third-order valence-electron chi connectivity index (χ3n) is 5.28. The second-order valence-corrected chi connectivity index (χ2v) is 8.99. The molecule has 4 aromatic rings. The van der Waals surface area contributed by atoms with Crippen LogP contribution < -0.4 is 10.3 Å². The first-order valence-electron chi connectivity index (χ1n) is 11.8. The Kier molecular flexibility index (Phi) is 6.16. The Morgan fingerprint density at radius 1 is 1.14 bits per heavy atom. The average molecular weight is 515 g/mol. The smallest absolute Gasteiger partial charge is 0.277 e. The standard InChI is InChI=1S/C26H23ClF2N4O3/c1-14-12-31-20(19-7-8-30-25(32-19)26(3,4)35)11-21(14)33-15(2)9-22(23(27)24(33)34)36-13-16-5-6-17(28)10-18(16)29/h5-12,35H,13H2,1-4H3/i13D2. The first kappa shape index (κ1) is 22.8. The second-order valence-electron chi connectivity index (χ2n) is 8.61. The zero-order valence-corrected chi connectivity index (χ0v) is 20.6. The van der Waals surface area contributed by atoms with E-state index in [1.165, 1.54) is 16.8 Å². The maximum Gasteiger partial charge on any atom is 0.277 e. The van der Waals surface area contributed by atoms with Crippen molar-refractivity contribution < 1.29 is 21.4 Å². The van der Waals surface area contributed by atoms with Crippen molar-refractivity contribution in [3.63, 3.8) is 0 Å². The number of benzene rings is 1. The van der Waals surface area contributed by atoms with Gasteiger partial charge in [0.2, 0.25) is 0 Å². The summed E-state index contributed by atoms with van der Waals surface area (Å²) < 4.78 is 50.5. The van der Waals surface area contributed by atoms with E-state index < -0.39 is 39.9 Å². The Balaban J connectivity index is 1.78. The number of nitrogens with zero attached hydrogens (tertiary/aromatic N) is 4. The normalized spacial score (nSPS) is 12.8. The predicted molar refractivity (Wildman–Crippen MR) is 131 cm³/mol. The Bertz CT molecular complexity index is 1610. The van der Waals surface area contributed by atoms with Gasteiger partial charge in [-0.15, -0.1) is 0 Å². The highest BCUT2D eigenvalue weighted by molar-refractivity contribution is 6.31. The number of hydrogen-bond donors (Lipinski definition) is 1. The van der Waals surface area contributed by atoms with Gasteiger partial charge in [-0.3, -0.25) is 14.3 Å². The van der Waals surface area contributed by atoms with Crippen molar-refractivity contribution in [2.45, 2.75) is 39.9 Å². The molecule has 3 aromatic heterocycles. The maximum absolute atomic E-state index is 14.2. The quantitative estimate of drug-likeness (QED) is 0.387. The summed E-state index contributed by atoms with van der Waals surface area (Å²) in [6.45, 7) is 3.70. The largest absolute Gasteiger partial charge is 0.487 e. The molecule has 0 saturated heterocycles. The van der Waals surface area contributed by atoms with E-state index in [2.05, 4.69) is 15.0 Å². The summed E-state index contributed by atoms with van der Waals surface area (Å²) in [6.07, 6.45) is 3.05. The molecular weight excluding hydrogens is 490 g/mol. The molecule has 0 aliphatic heterocycles. The molecular formula is C26H23ClF2N4O3. The Morgan fingerprint density at radius 3 is 2.58 bits per heavy atom. The lowest BCUT2D eigenvalue weighted by atomic mass is 10.1. The Morgan fingerprint density at radius 2 is 1.89 bits per heavy atom. The van der Waals surface area contributed by atoms with E-state index in [1.807, 2.05) is 0 Å². The summed E-state index contributed by atoms with van der Waals surface area (Å²) in [5, 5.41) is 9.83. The van der Waals surface area contributed by atoms with Crippen LogP contribution >= 0.6 is 11.6 Å². The van der Waals surface area contributed by atoms with E-state index in [0.717, 1.165) is 12.1 Å². The predicted octanol–water partition coefficient (Wildman–Crippen LogP) is 5.04. The van der Waals surface area contributed by atoms with Crippen molar-refractivity contribution in [3.05, 3.63) is 98.4 Å². The number of aryl methyl sites for hydroxylation is 2. The number of pyridine rings is 2. The molecule has 0 fully saturated rings. The van der Waals surface area contributed by atoms with Crippen LogP contribution in [0.4, 0.5) is 8.78 Å². The first-order chi connectivity index (χ1) is 17.7. The minimum Gasteiger partial charge on any atom is -0.487 e. The van der Waals surface area contributed by atoms with Crippen LogP contribution in [-0.4, -0.2) is 24.6 Å². The fourth-order valence-corrected chi connectivity index (χ4v) is 3.61. The summed E-state index contributed by atoms with van der Waals surface area (Å²) in [5.41, 5.74) is -0.314. The van der Waals surface area contributed by atoms with Crippen molar-refractivity contribution in [1.82, 2.24) is 19.5 Å². The van der Waals surface area contributed by atoms with E-state index in [-0.39, 0.29) is 11.6 Å². The zero-order chi connectivity index (χ0) is 28.0. The highest BCUT2D eigenvalue weighted by atomic mass is 35.5. The minimum atomic E-state index is -2.75. The monoisotopic (exact) mass is 514 g/mol. The van der Waals surface area contributed by atoms with Crippen molar-refractivity contribution >= 4 is 11.6 Å². The maximum atomic E-state index is 14.2. The summed E-state index contributed by atoms with van der Waals surface area (Å²) in [5.74, 6) is -2.13. The van der Waals surface area contributed by atoms with Gasteiger partial charge in [0.15, 0.2) is 5.82 Å². The highest BCUT2D eigenvalue weighted by Gasteiger charge is 2.21. The molecule has 4 rings (SSSR count). The Hall–Kier alpha value is -3.69. The van der Waals surface area contributed by atoms with Gasteiger partial charge >= 0.3 is 0 Å². The van der Waals surface area contributed by atoms with Crippen molar-refractivity contribution in [2.75, 3.05) is 0 Å². The van der Waals surface area contributed by atoms with E-state index in [4.69, 9.17) is 19.1 Å². The van der Waals surface area contributed by atoms with Crippen LogP contribution in [-0.2, 0) is 12.2 Å². The first-order valence-corrected chi connectivity index (χ1v) is 11.2. The number of aromatic nitrogens is 4. The molecule has 7 nitrogen and oxygen atoms in total. The Labute approximate surface area is 213 Å². The van der Waals surface area contributed by atoms with Crippen LogP contribution in [0.1, 0.15) is 39.2 Å². The molecule has 0 spiro atoms. The van der Waals surface area contributed by atoms with Crippen molar-refractivity contribution in [1.29, 1.82) is 0 Å². The van der Waals surface area contributed by atoms with Crippen LogP contribution in [0, 0.1) is 25.5 Å². The third kappa shape index (κ3) is 5.12. The van der Waals surface area contributed by atoms with Crippen LogP contribution in [0.15, 0.2) is 53.6 Å².